The molecule has 0 aliphatic carbocycles. The molecule has 0 N–H and O–H groups in total. The Morgan fingerprint density at radius 1 is 1.36 bits per heavy atom. The Balaban J connectivity index is 0. The first-order valence-corrected chi connectivity index (χ1v) is 4.25. The normalized spacial score (nSPS) is 11.4. The van der Waals surface area contributed by atoms with Crippen LogP contribution < -0.4 is 0 Å². The fourth-order valence-electron chi connectivity index (χ4n) is 0.702. The summed E-state index contributed by atoms with van der Waals surface area (Å²) in [5.41, 5.74) is 0. The van der Waals surface area contributed by atoms with Crippen molar-refractivity contribution >= 4 is 0 Å². The molecule has 0 fully saturated rings. The summed E-state index contributed by atoms with van der Waals surface area (Å²) in [6.45, 7) is 6.92. The Morgan fingerprint density at radius 2 is 1.82 bits per heavy atom. The van der Waals surface area contributed by atoms with E-state index in [0.29, 0.717) is 0 Å². The van der Waals surface area contributed by atoms with Crippen molar-refractivity contribution in [2.24, 2.45) is 5.92 Å². The van der Waals surface area contributed by atoms with E-state index in [1.807, 2.05) is 39.8 Å². The maximum Gasteiger partial charge on any atom is 0.0669 e. The van der Waals surface area contributed by atoms with Crippen LogP contribution in [0.5, 0.6) is 0 Å². The molecule has 0 spiro atoms. The number of hydrogen-bond donors (Lipinski definition) is 0. The van der Waals surface area contributed by atoms with E-state index in [0.717, 1.165) is 13.0 Å². The molecule has 0 rings (SSSR count). The molecule has 0 aromatic rings. The molecule has 0 heterocycles. The van der Waals surface area contributed by atoms with E-state index < -0.39 is 0 Å². The van der Waals surface area contributed by atoms with E-state index in [4.69, 9.17) is 5.26 Å². The van der Waals surface area contributed by atoms with Gasteiger partial charge in [-0.2, -0.15) is 5.26 Å². The standard InChI is InChI=1S/C7H14N2.C2H6/c1-4-7(5-8)6-9(2)3;1-2/h7H,4,6H2,1-3H3;1-2H3. The first kappa shape index (κ1) is 13.1. The van der Waals surface area contributed by atoms with Gasteiger partial charge in [0, 0.05) is 6.54 Å². The Bertz CT molecular complexity index is 103. The van der Waals surface area contributed by atoms with Crippen LogP contribution in [0.1, 0.15) is 27.2 Å². The van der Waals surface area contributed by atoms with E-state index in [-0.39, 0.29) is 5.92 Å². The predicted molar refractivity (Wildman–Crippen MR) is 49.3 cm³/mol. The van der Waals surface area contributed by atoms with Crippen LogP contribution in [0.15, 0.2) is 0 Å². The summed E-state index contributed by atoms with van der Waals surface area (Å²) in [5, 5.41) is 8.50. The lowest BCUT2D eigenvalue weighted by atomic mass is 10.1. The fraction of sp³-hybridized carbons (Fsp3) is 0.889. The van der Waals surface area contributed by atoms with Crippen molar-refractivity contribution in [3.63, 3.8) is 0 Å². The highest BCUT2D eigenvalue weighted by molar-refractivity contribution is 4.82. The lowest BCUT2D eigenvalue weighted by molar-refractivity contribution is 0.358. The molecule has 0 aliphatic heterocycles. The minimum absolute atomic E-state index is 0.208. The van der Waals surface area contributed by atoms with E-state index in [9.17, 15) is 0 Å². The first-order valence-electron chi connectivity index (χ1n) is 4.25. The molecule has 0 saturated heterocycles. The molecule has 0 aromatic carbocycles. The molecule has 11 heavy (non-hydrogen) atoms. The summed E-state index contributed by atoms with van der Waals surface area (Å²) in [6, 6.07) is 2.24. The van der Waals surface area contributed by atoms with E-state index in [1.54, 1.807) is 0 Å². The Hall–Kier alpha value is -0.550. The summed E-state index contributed by atoms with van der Waals surface area (Å²) in [7, 11) is 3.97. The molecule has 2 heteroatoms. The van der Waals surface area contributed by atoms with E-state index in [1.165, 1.54) is 0 Å². The predicted octanol–water partition coefficient (Wildman–Crippen LogP) is 2.12. The molecule has 0 bridgehead atoms. The van der Waals surface area contributed by atoms with Gasteiger partial charge < -0.3 is 4.90 Å². The fourth-order valence-corrected chi connectivity index (χ4v) is 0.702. The summed E-state index contributed by atoms with van der Waals surface area (Å²) < 4.78 is 0. The third-order valence-electron chi connectivity index (χ3n) is 1.26. The van der Waals surface area contributed by atoms with Crippen molar-refractivity contribution in [1.82, 2.24) is 4.90 Å². The molecule has 0 radical (unpaired) electrons. The summed E-state index contributed by atoms with van der Waals surface area (Å²) in [4.78, 5) is 2.04. The number of nitriles is 1. The average molecular weight is 156 g/mol. The molecular weight excluding hydrogens is 136 g/mol. The van der Waals surface area contributed by atoms with Crippen LogP contribution in [0, 0.1) is 17.2 Å². The van der Waals surface area contributed by atoms with Crippen molar-refractivity contribution in [3.8, 4) is 6.07 Å². The smallest absolute Gasteiger partial charge is 0.0669 e. The highest BCUT2D eigenvalue weighted by Gasteiger charge is 2.03. The SMILES string of the molecule is CC.CCC(C#N)CN(C)C. The number of nitrogens with zero attached hydrogens (tertiary/aromatic N) is 2. The highest BCUT2D eigenvalue weighted by Crippen LogP contribution is 2.00. The Morgan fingerprint density at radius 3 is 1.91 bits per heavy atom. The lowest BCUT2D eigenvalue weighted by Crippen LogP contribution is -2.19. The third-order valence-corrected chi connectivity index (χ3v) is 1.26. The molecule has 0 aromatic heterocycles. The van der Waals surface area contributed by atoms with E-state index in [2.05, 4.69) is 6.07 Å². The van der Waals surface area contributed by atoms with Crippen LogP contribution in [0.4, 0.5) is 0 Å². The topological polar surface area (TPSA) is 27.0 Å². The second-order valence-corrected chi connectivity index (χ2v) is 2.50. The minimum Gasteiger partial charge on any atom is -0.308 e. The zero-order valence-corrected chi connectivity index (χ0v) is 8.39. The second-order valence-electron chi connectivity index (χ2n) is 2.50. The van der Waals surface area contributed by atoms with Gasteiger partial charge in [-0.15, -0.1) is 0 Å². The van der Waals surface area contributed by atoms with Gasteiger partial charge in [-0.1, -0.05) is 20.8 Å². The van der Waals surface area contributed by atoms with E-state index >= 15 is 0 Å². The van der Waals surface area contributed by atoms with Crippen LogP contribution in [0.25, 0.3) is 0 Å². The first-order chi connectivity index (χ1) is 5.20. The van der Waals surface area contributed by atoms with Crippen LogP contribution in [-0.2, 0) is 0 Å². The van der Waals surface area contributed by atoms with Gasteiger partial charge in [0.2, 0.25) is 0 Å². The van der Waals surface area contributed by atoms with Gasteiger partial charge in [0.1, 0.15) is 0 Å². The van der Waals surface area contributed by atoms with Gasteiger partial charge in [0.25, 0.3) is 0 Å². The van der Waals surface area contributed by atoms with Gasteiger partial charge in [-0.05, 0) is 20.5 Å². The zero-order valence-electron chi connectivity index (χ0n) is 8.39. The maximum absolute atomic E-state index is 8.50. The highest BCUT2D eigenvalue weighted by atomic mass is 15.1. The third kappa shape index (κ3) is 9.45. The van der Waals surface area contributed by atoms with Gasteiger partial charge in [-0.3, -0.25) is 0 Å². The summed E-state index contributed by atoms with van der Waals surface area (Å²) >= 11 is 0. The van der Waals surface area contributed by atoms with Crippen LogP contribution in [-0.4, -0.2) is 25.5 Å². The molecule has 66 valence electrons. The molecule has 0 saturated carbocycles. The van der Waals surface area contributed by atoms with Crippen LogP contribution >= 0.6 is 0 Å². The largest absolute Gasteiger partial charge is 0.308 e. The molecule has 1 atom stereocenters. The number of rotatable bonds is 3. The Kier molecular flexibility index (Phi) is 11.2. The summed E-state index contributed by atoms with van der Waals surface area (Å²) in [6.07, 6.45) is 0.953. The van der Waals surface area contributed by atoms with Crippen molar-refractivity contribution < 1.29 is 0 Å². The zero-order chi connectivity index (χ0) is 9.28. The van der Waals surface area contributed by atoms with Crippen molar-refractivity contribution in [1.29, 1.82) is 5.26 Å². The average Bonchev–Trinajstić information content (AvgIpc) is 2.03. The lowest BCUT2D eigenvalue weighted by Gasteiger charge is -2.11. The molecule has 2 nitrogen and oxygen atoms in total. The number of hydrogen-bond acceptors (Lipinski definition) is 2. The molecule has 0 aliphatic rings. The van der Waals surface area contributed by atoms with Crippen LogP contribution in [0.2, 0.25) is 0 Å². The van der Waals surface area contributed by atoms with Crippen molar-refractivity contribution in [2.45, 2.75) is 27.2 Å². The molecule has 0 amide bonds. The molecular formula is C9H20N2. The quantitative estimate of drug-likeness (QED) is 0.626. The monoisotopic (exact) mass is 156 g/mol. The van der Waals surface area contributed by atoms with Crippen LogP contribution in [0.3, 0.4) is 0 Å². The van der Waals surface area contributed by atoms with Gasteiger partial charge >= 0.3 is 0 Å². The van der Waals surface area contributed by atoms with Gasteiger partial charge in [0.05, 0.1) is 12.0 Å². The second kappa shape index (κ2) is 9.45. The maximum atomic E-state index is 8.50. The van der Waals surface area contributed by atoms with Crippen molar-refractivity contribution in [2.75, 3.05) is 20.6 Å². The van der Waals surface area contributed by atoms with Gasteiger partial charge in [0.15, 0.2) is 0 Å². The van der Waals surface area contributed by atoms with Crippen molar-refractivity contribution in [3.05, 3.63) is 0 Å². The Labute approximate surface area is 70.8 Å². The molecule has 1 unspecified atom stereocenters. The van der Waals surface area contributed by atoms with Gasteiger partial charge in [-0.25, -0.2) is 0 Å². The minimum atomic E-state index is 0.208. The summed E-state index contributed by atoms with van der Waals surface area (Å²) in [5.74, 6) is 0.208.